The van der Waals surface area contributed by atoms with Gasteiger partial charge in [0.05, 0.1) is 0 Å². The Morgan fingerprint density at radius 3 is 0.786 bits per heavy atom. The van der Waals surface area contributed by atoms with E-state index in [1.807, 2.05) is 7.05 Å². The number of rotatable bonds is 32. The van der Waals surface area contributed by atoms with Crippen LogP contribution in [-0.4, -0.2) is 34.8 Å². The minimum Gasteiger partial charge on any atom is -0.368 e. The quantitative estimate of drug-likeness (QED) is 0.0760. The van der Waals surface area contributed by atoms with Crippen LogP contribution in [0.15, 0.2) is 0 Å². The molecule has 5 heteroatoms. The van der Waals surface area contributed by atoms with E-state index >= 15 is 0 Å². The fraction of sp³-hybridized carbons (Fsp3) is 0.946. The topological polar surface area (TPSA) is 89.4 Å². The highest BCUT2D eigenvalue weighted by Gasteiger charge is 2.51. The van der Waals surface area contributed by atoms with Gasteiger partial charge in [-0.2, -0.15) is 0 Å². The third kappa shape index (κ3) is 16.1. The van der Waals surface area contributed by atoms with Crippen LogP contribution in [0.3, 0.4) is 0 Å². The largest absolute Gasteiger partial charge is 0.368 e. The first-order chi connectivity index (χ1) is 20.3. The SMILES string of the molecule is CCCCCCCCC(CCCCCCCC)(C(N)=O)N(C)C(CCCCCCCC)(CCCCCCCC)C(N)=O. The molecule has 0 aromatic carbocycles. The number of nitrogens with zero attached hydrogens (tertiary/aromatic N) is 1. The van der Waals surface area contributed by atoms with E-state index in [-0.39, 0.29) is 11.8 Å². The Balaban J connectivity index is 6.05. The molecule has 0 atom stereocenters. The molecule has 0 unspecified atom stereocenters. The Bertz CT molecular complexity index is 565. The summed E-state index contributed by atoms with van der Waals surface area (Å²) in [6.07, 6.45) is 30.9. The molecule has 0 rings (SSSR count). The minimum atomic E-state index is -0.824. The van der Waals surface area contributed by atoms with Crippen molar-refractivity contribution >= 4 is 11.8 Å². The fourth-order valence-corrected chi connectivity index (χ4v) is 6.94. The lowest BCUT2D eigenvalue weighted by Gasteiger charge is -2.50. The van der Waals surface area contributed by atoms with Crippen molar-refractivity contribution in [3.63, 3.8) is 0 Å². The van der Waals surface area contributed by atoms with Gasteiger partial charge >= 0.3 is 0 Å². The first-order valence-electron chi connectivity index (χ1n) is 18.6. The Morgan fingerprint density at radius 2 is 0.595 bits per heavy atom. The van der Waals surface area contributed by atoms with Gasteiger partial charge < -0.3 is 11.5 Å². The molecule has 2 amide bonds. The molecule has 0 saturated carbocycles. The number of likely N-dealkylation sites (N-methyl/N-ethyl adjacent to an activating group) is 1. The zero-order valence-electron chi connectivity index (χ0n) is 29.2. The van der Waals surface area contributed by atoms with Crippen LogP contribution in [0.2, 0.25) is 0 Å². The number of unbranched alkanes of at least 4 members (excludes halogenated alkanes) is 20. The van der Waals surface area contributed by atoms with Crippen LogP contribution >= 0.6 is 0 Å². The summed E-state index contributed by atoms with van der Waals surface area (Å²) in [6, 6.07) is 0. The summed E-state index contributed by atoms with van der Waals surface area (Å²) < 4.78 is 0. The number of nitrogens with two attached hydrogens (primary N) is 2. The van der Waals surface area contributed by atoms with Crippen molar-refractivity contribution < 1.29 is 9.59 Å². The zero-order chi connectivity index (χ0) is 31.5. The summed E-state index contributed by atoms with van der Waals surface area (Å²) in [4.78, 5) is 29.3. The van der Waals surface area contributed by atoms with Gasteiger partial charge in [0.2, 0.25) is 11.8 Å². The molecule has 0 aliphatic heterocycles. The molecule has 0 saturated heterocycles. The summed E-state index contributed by atoms with van der Waals surface area (Å²) in [6.45, 7) is 8.96. The van der Waals surface area contributed by atoms with Crippen LogP contribution in [0, 0.1) is 0 Å². The lowest BCUT2D eigenvalue weighted by molar-refractivity contribution is -0.146. The Hall–Kier alpha value is -1.10. The van der Waals surface area contributed by atoms with E-state index in [0.717, 1.165) is 77.0 Å². The number of carbonyl (C=O) groups is 2. The van der Waals surface area contributed by atoms with Gasteiger partial charge in [0, 0.05) is 0 Å². The van der Waals surface area contributed by atoms with Gasteiger partial charge in [0.15, 0.2) is 0 Å². The molecular weight excluding hydrogens is 518 g/mol. The normalized spacial score (nSPS) is 12.3. The van der Waals surface area contributed by atoms with Gasteiger partial charge in [0.1, 0.15) is 11.1 Å². The van der Waals surface area contributed by atoms with Crippen molar-refractivity contribution in [2.75, 3.05) is 7.05 Å². The molecular formula is C37H75N3O2. The van der Waals surface area contributed by atoms with Gasteiger partial charge in [-0.3, -0.25) is 14.5 Å². The summed E-state index contributed by atoms with van der Waals surface area (Å²) in [5, 5.41) is 0. The molecule has 4 N–H and O–H groups in total. The van der Waals surface area contributed by atoms with Gasteiger partial charge in [-0.15, -0.1) is 0 Å². The summed E-state index contributed by atoms with van der Waals surface area (Å²) >= 11 is 0. The molecule has 0 aliphatic rings. The second kappa shape index (κ2) is 26.3. The fourth-order valence-electron chi connectivity index (χ4n) is 6.94. The Morgan fingerprint density at radius 1 is 0.405 bits per heavy atom. The molecule has 0 fully saturated rings. The monoisotopic (exact) mass is 594 g/mol. The number of hydrogen-bond donors (Lipinski definition) is 2. The maximum atomic E-state index is 13.6. The Kier molecular flexibility index (Phi) is 25.6. The lowest BCUT2D eigenvalue weighted by atomic mass is 9.76. The summed E-state index contributed by atoms with van der Waals surface area (Å²) in [7, 11) is 2.03. The molecule has 0 spiro atoms. The van der Waals surface area contributed by atoms with Crippen LogP contribution in [0.25, 0.3) is 0 Å². The van der Waals surface area contributed by atoms with Crippen LogP contribution in [0.5, 0.6) is 0 Å². The van der Waals surface area contributed by atoms with Gasteiger partial charge in [0.25, 0.3) is 0 Å². The smallest absolute Gasteiger partial charge is 0.237 e. The van der Waals surface area contributed by atoms with E-state index in [1.54, 1.807) is 0 Å². The van der Waals surface area contributed by atoms with E-state index < -0.39 is 11.1 Å². The zero-order valence-corrected chi connectivity index (χ0v) is 29.2. The third-order valence-corrected chi connectivity index (χ3v) is 9.98. The van der Waals surface area contributed by atoms with Gasteiger partial charge in [-0.1, -0.05) is 182 Å². The predicted octanol–water partition coefficient (Wildman–Crippen LogP) is 10.4. The van der Waals surface area contributed by atoms with Crippen molar-refractivity contribution in [3.8, 4) is 0 Å². The van der Waals surface area contributed by atoms with Crippen molar-refractivity contribution in [3.05, 3.63) is 0 Å². The van der Waals surface area contributed by atoms with Crippen LogP contribution < -0.4 is 11.5 Å². The van der Waals surface area contributed by atoms with Gasteiger partial charge in [-0.25, -0.2) is 0 Å². The van der Waals surface area contributed by atoms with Crippen LogP contribution in [-0.2, 0) is 9.59 Å². The third-order valence-electron chi connectivity index (χ3n) is 9.98. The predicted molar refractivity (Wildman–Crippen MR) is 184 cm³/mol. The van der Waals surface area contributed by atoms with E-state index in [4.69, 9.17) is 11.5 Å². The molecule has 0 radical (unpaired) electrons. The average molecular weight is 594 g/mol. The molecule has 42 heavy (non-hydrogen) atoms. The van der Waals surface area contributed by atoms with Crippen molar-refractivity contribution in [1.29, 1.82) is 0 Å². The molecule has 250 valence electrons. The molecule has 0 heterocycles. The first-order valence-corrected chi connectivity index (χ1v) is 18.6. The van der Waals surface area contributed by atoms with Crippen molar-refractivity contribution in [2.24, 2.45) is 11.5 Å². The molecule has 5 nitrogen and oxygen atoms in total. The van der Waals surface area contributed by atoms with Gasteiger partial charge in [-0.05, 0) is 32.7 Å². The highest BCUT2D eigenvalue weighted by molar-refractivity contribution is 5.89. The van der Waals surface area contributed by atoms with E-state index in [1.165, 1.54) is 103 Å². The number of amides is 2. The second-order valence-corrected chi connectivity index (χ2v) is 13.4. The minimum absolute atomic E-state index is 0.261. The van der Waals surface area contributed by atoms with Crippen LogP contribution in [0.1, 0.15) is 207 Å². The molecule has 0 aliphatic carbocycles. The average Bonchev–Trinajstić information content (AvgIpc) is 2.97. The van der Waals surface area contributed by atoms with Crippen molar-refractivity contribution in [2.45, 2.75) is 219 Å². The van der Waals surface area contributed by atoms with E-state index in [2.05, 4.69) is 32.6 Å². The number of primary amides is 2. The first kappa shape index (κ1) is 40.9. The highest BCUT2D eigenvalue weighted by Crippen LogP contribution is 2.39. The second-order valence-electron chi connectivity index (χ2n) is 13.4. The standard InChI is InChI=1S/C37H75N3O2/c1-6-10-14-18-22-26-30-36(34(38)41,31-27-23-19-15-11-7-2)40(5)37(35(39)42,32-28-24-20-16-12-8-3)33-29-25-21-17-13-9-4/h6-33H2,1-5H3,(H2,38,41)(H2,39,42). The molecule has 0 bridgehead atoms. The highest BCUT2D eigenvalue weighted by atomic mass is 16.2. The summed E-state index contributed by atoms with van der Waals surface area (Å²) in [5.74, 6) is -0.521. The lowest BCUT2D eigenvalue weighted by Crippen LogP contribution is -2.68. The number of carbonyl (C=O) groups excluding carboxylic acids is 2. The van der Waals surface area contributed by atoms with E-state index in [0.29, 0.717) is 0 Å². The Labute approximate surface area is 263 Å². The maximum Gasteiger partial charge on any atom is 0.237 e. The summed E-state index contributed by atoms with van der Waals surface area (Å²) in [5.41, 5.74) is 11.1. The van der Waals surface area contributed by atoms with Crippen molar-refractivity contribution in [1.82, 2.24) is 4.90 Å². The van der Waals surface area contributed by atoms with Crippen LogP contribution in [0.4, 0.5) is 0 Å². The van der Waals surface area contributed by atoms with E-state index in [9.17, 15) is 9.59 Å². The number of hydrogen-bond acceptors (Lipinski definition) is 3. The molecule has 0 aromatic rings. The molecule has 0 aromatic heterocycles. The maximum absolute atomic E-state index is 13.6.